The molecule has 0 spiro atoms. The van der Waals surface area contributed by atoms with Crippen molar-refractivity contribution >= 4 is 10.0 Å². The highest BCUT2D eigenvalue weighted by molar-refractivity contribution is 7.89. The van der Waals surface area contributed by atoms with Crippen molar-refractivity contribution in [2.45, 2.75) is 39.2 Å². The molecule has 1 aromatic carbocycles. The zero-order valence-electron chi connectivity index (χ0n) is 12.4. The lowest BCUT2D eigenvalue weighted by Crippen LogP contribution is -2.40. The topological polar surface area (TPSA) is 46.6 Å². The van der Waals surface area contributed by atoms with Crippen LogP contribution in [0.15, 0.2) is 18.2 Å². The van der Waals surface area contributed by atoms with Gasteiger partial charge >= 0.3 is 0 Å². The predicted molar refractivity (Wildman–Crippen MR) is 80.5 cm³/mol. The molecule has 1 atom stereocenters. The van der Waals surface area contributed by atoms with E-state index in [-0.39, 0.29) is 11.8 Å². The molecule has 0 aromatic heterocycles. The first kappa shape index (κ1) is 15.3. The number of rotatable bonds is 5. The third-order valence-corrected chi connectivity index (χ3v) is 5.96. The molecule has 1 aliphatic heterocycles. The Hall–Kier alpha value is -1.07. The second-order valence-electron chi connectivity index (χ2n) is 5.27. The van der Waals surface area contributed by atoms with Crippen LogP contribution in [0.25, 0.3) is 0 Å². The van der Waals surface area contributed by atoms with E-state index in [1.807, 2.05) is 32.0 Å². The molecular weight excluding hydrogens is 274 g/mol. The van der Waals surface area contributed by atoms with Gasteiger partial charge < -0.3 is 4.74 Å². The monoisotopic (exact) mass is 297 g/mol. The minimum Gasteiger partial charge on any atom is -0.497 e. The normalized spacial score (nSPS) is 19.6. The van der Waals surface area contributed by atoms with Crippen LogP contribution >= 0.6 is 0 Å². The van der Waals surface area contributed by atoms with Crippen LogP contribution in [0, 0.1) is 0 Å². The Kier molecular flexibility index (Phi) is 4.70. The van der Waals surface area contributed by atoms with E-state index in [0.29, 0.717) is 6.54 Å². The van der Waals surface area contributed by atoms with Crippen molar-refractivity contribution in [2.75, 3.05) is 19.4 Å². The summed E-state index contributed by atoms with van der Waals surface area (Å²) in [6.45, 7) is 4.54. The lowest BCUT2D eigenvalue weighted by Gasteiger charge is -2.34. The van der Waals surface area contributed by atoms with Gasteiger partial charge in [0, 0.05) is 12.6 Å². The standard InChI is InChI=1S/C15H23NO3S/c1-4-5-10-20(17,18)16-9-8-13-11-14(19-3)6-7-15(13)12(16)2/h6-7,11-12H,4-5,8-10H2,1-3H3. The van der Waals surface area contributed by atoms with Crippen LogP contribution in [0.3, 0.4) is 0 Å². The summed E-state index contributed by atoms with van der Waals surface area (Å²) in [5.74, 6) is 1.08. The van der Waals surface area contributed by atoms with Crippen molar-refractivity contribution < 1.29 is 13.2 Å². The molecule has 5 heteroatoms. The van der Waals surface area contributed by atoms with Crippen LogP contribution in [-0.2, 0) is 16.4 Å². The van der Waals surface area contributed by atoms with Gasteiger partial charge in [0.25, 0.3) is 0 Å². The van der Waals surface area contributed by atoms with E-state index in [4.69, 9.17) is 4.74 Å². The van der Waals surface area contributed by atoms with E-state index < -0.39 is 10.0 Å². The van der Waals surface area contributed by atoms with Crippen LogP contribution in [0.2, 0.25) is 0 Å². The van der Waals surface area contributed by atoms with Crippen LogP contribution in [-0.4, -0.2) is 32.1 Å². The van der Waals surface area contributed by atoms with Gasteiger partial charge in [-0.1, -0.05) is 19.4 Å². The maximum atomic E-state index is 12.4. The molecule has 1 heterocycles. The number of nitrogens with zero attached hydrogens (tertiary/aromatic N) is 1. The fourth-order valence-electron chi connectivity index (χ4n) is 2.74. The average molecular weight is 297 g/mol. The number of fused-ring (bicyclic) bond motifs is 1. The van der Waals surface area contributed by atoms with Gasteiger partial charge in [0.05, 0.1) is 12.9 Å². The minimum atomic E-state index is -3.15. The molecule has 1 unspecified atom stereocenters. The molecule has 0 aliphatic carbocycles. The van der Waals surface area contributed by atoms with E-state index in [9.17, 15) is 8.42 Å². The van der Waals surface area contributed by atoms with Crippen molar-refractivity contribution in [3.8, 4) is 5.75 Å². The molecule has 0 saturated carbocycles. The molecule has 112 valence electrons. The number of benzene rings is 1. The van der Waals surface area contributed by atoms with Crippen LogP contribution in [0.5, 0.6) is 5.75 Å². The van der Waals surface area contributed by atoms with Crippen molar-refractivity contribution in [1.82, 2.24) is 4.31 Å². The Morgan fingerprint density at radius 2 is 2.15 bits per heavy atom. The zero-order chi connectivity index (χ0) is 14.8. The van der Waals surface area contributed by atoms with Crippen molar-refractivity contribution in [1.29, 1.82) is 0 Å². The Balaban J connectivity index is 2.25. The summed E-state index contributed by atoms with van der Waals surface area (Å²) in [5, 5.41) is 0. The highest BCUT2D eigenvalue weighted by Crippen LogP contribution is 2.33. The molecule has 0 amide bonds. The quantitative estimate of drug-likeness (QED) is 0.839. The molecule has 0 saturated heterocycles. The predicted octanol–water partition coefficient (Wildman–Crippen LogP) is 2.74. The summed E-state index contributed by atoms with van der Waals surface area (Å²) < 4.78 is 31.7. The van der Waals surface area contributed by atoms with E-state index in [2.05, 4.69) is 0 Å². The number of sulfonamides is 1. The lowest BCUT2D eigenvalue weighted by atomic mass is 9.95. The number of unbranched alkanes of at least 4 members (excludes halogenated alkanes) is 1. The number of hydrogen-bond donors (Lipinski definition) is 0. The highest BCUT2D eigenvalue weighted by Gasteiger charge is 2.32. The maximum absolute atomic E-state index is 12.4. The smallest absolute Gasteiger partial charge is 0.214 e. The van der Waals surface area contributed by atoms with Crippen LogP contribution in [0.1, 0.15) is 43.9 Å². The third kappa shape index (κ3) is 2.99. The van der Waals surface area contributed by atoms with Gasteiger partial charge in [-0.25, -0.2) is 8.42 Å². The summed E-state index contributed by atoms with van der Waals surface area (Å²) in [5.41, 5.74) is 2.29. The fraction of sp³-hybridized carbons (Fsp3) is 0.600. The molecule has 0 bridgehead atoms. The largest absolute Gasteiger partial charge is 0.497 e. The fourth-order valence-corrected chi connectivity index (χ4v) is 4.59. The molecule has 0 fully saturated rings. The van der Waals surface area contributed by atoms with Gasteiger partial charge in [-0.15, -0.1) is 0 Å². The van der Waals surface area contributed by atoms with Crippen molar-refractivity contribution in [3.63, 3.8) is 0 Å². The first-order valence-electron chi connectivity index (χ1n) is 7.16. The van der Waals surface area contributed by atoms with Crippen LogP contribution < -0.4 is 4.74 Å². The highest BCUT2D eigenvalue weighted by atomic mass is 32.2. The van der Waals surface area contributed by atoms with E-state index in [1.165, 1.54) is 5.56 Å². The Morgan fingerprint density at radius 3 is 2.80 bits per heavy atom. The van der Waals surface area contributed by atoms with Gasteiger partial charge in [0.2, 0.25) is 10.0 Å². The van der Waals surface area contributed by atoms with E-state index >= 15 is 0 Å². The van der Waals surface area contributed by atoms with Gasteiger partial charge in [0.1, 0.15) is 5.75 Å². The van der Waals surface area contributed by atoms with Crippen LogP contribution in [0.4, 0.5) is 0 Å². The first-order valence-corrected chi connectivity index (χ1v) is 8.77. The van der Waals surface area contributed by atoms with E-state index in [1.54, 1.807) is 11.4 Å². The lowest BCUT2D eigenvalue weighted by molar-refractivity contribution is 0.325. The zero-order valence-corrected chi connectivity index (χ0v) is 13.2. The SMILES string of the molecule is CCCCS(=O)(=O)N1CCc2cc(OC)ccc2C1C. The number of methoxy groups -OCH3 is 1. The molecule has 0 radical (unpaired) electrons. The number of ether oxygens (including phenoxy) is 1. The molecule has 1 aromatic rings. The Bertz CT molecular complexity index is 568. The minimum absolute atomic E-state index is 0.0912. The molecule has 2 rings (SSSR count). The van der Waals surface area contributed by atoms with Gasteiger partial charge in [-0.3, -0.25) is 0 Å². The second-order valence-corrected chi connectivity index (χ2v) is 7.31. The Labute approximate surface area is 121 Å². The molecule has 0 N–H and O–H groups in total. The maximum Gasteiger partial charge on any atom is 0.214 e. The Morgan fingerprint density at radius 1 is 1.40 bits per heavy atom. The van der Waals surface area contributed by atoms with Crippen molar-refractivity contribution in [3.05, 3.63) is 29.3 Å². The van der Waals surface area contributed by atoms with Gasteiger partial charge in [0.15, 0.2) is 0 Å². The first-order chi connectivity index (χ1) is 9.49. The van der Waals surface area contributed by atoms with E-state index in [0.717, 1.165) is 30.6 Å². The average Bonchev–Trinajstić information content (AvgIpc) is 2.44. The third-order valence-electron chi connectivity index (χ3n) is 3.95. The summed E-state index contributed by atoms with van der Waals surface area (Å²) in [4.78, 5) is 0. The summed E-state index contributed by atoms with van der Waals surface area (Å²) in [7, 11) is -1.50. The molecule has 20 heavy (non-hydrogen) atoms. The molecule has 4 nitrogen and oxygen atoms in total. The van der Waals surface area contributed by atoms with Gasteiger partial charge in [-0.2, -0.15) is 4.31 Å². The summed E-state index contributed by atoms with van der Waals surface area (Å²) >= 11 is 0. The van der Waals surface area contributed by atoms with Crippen molar-refractivity contribution in [2.24, 2.45) is 0 Å². The second kappa shape index (κ2) is 6.14. The summed E-state index contributed by atoms with van der Waals surface area (Å²) in [6.07, 6.45) is 2.37. The molecular formula is C15H23NO3S. The summed E-state index contributed by atoms with van der Waals surface area (Å²) in [6, 6.07) is 5.81. The number of hydrogen-bond acceptors (Lipinski definition) is 3. The molecule has 1 aliphatic rings. The van der Waals surface area contributed by atoms with Gasteiger partial charge in [-0.05, 0) is 43.0 Å².